The normalized spacial score (nSPS) is 28.2. The van der Waals surface area contributed by atoms with Gasteiger partial charge in [0.05, 0.1) is 0 Å². The molecule has 0 aromatic rings. The first kappa shape index (κ1) is 14.3. The predicted molar refractivity (Wildman–Crippen MR) is 78.9 cm³/mol. The Labute approximate surface area is 114 Å². The van der Waals surface area contributed by atoms with Gasteiger partial charge >= 0.3 is 0 Å². The third kappa shape index (κ3) is 4.24. The number of hydrogen-bond donors (Lipinski definition) is 1. The first-order valence-corrected chi connectivity index (χ1v) is 8.04. The van der Waals surface area contributed by atoms with Crippen molar-refractivity contribution in [3.8, 4) is 0 Å². The summed E-state index contributed by atoms with van der Waals surface area (Å²) in [6, 6.07) is 1.51. The highest BCUT2D eigenvalue weighted by atomic mass is 15.2. The highest BCUT2D eigenvalue weighted by molar-refractivity contribution is 4.84. The van der Waals surface area contributed by atoms with Crippen LogP contribution in [0.4, 0.5) is 0 Å². The van der Waals surface area contributed by atoms with Gasteiger partial charge in [0.25, 0.3) is 0 Å². The third-order valence-corrected chi connectivity index (χ3v) is 4.86. The van der Waals surface area contributed by atoms with Gasteiger partial charge in [-0.2, -0.15) is 0 Å². The number of rotatable bonds is 4. The van der Waals surface area contributed by atoms with Gasteiger partial charge in [-0.15, -0.1) is 0 Å². The van der Waals surface area contributed by atoms with E-state index >= 15 is 0 Å². The molecule has 1 saturated heterocycles. The molecule has 2 fully saturated rings. The van der Waals surface area contributed by atoms with E-state index in [2.05, 4.69) is 31.0 Å². The van der Waals surface area contributed by atoms with Crippen LogP contribution in [0.1, 0.15) is 65.7 Å². The van der Waals surface area contributed by atoms with E-state index in [1.165, 1.54) is 64.6 Å². The minimum atomic E-state index is 0.525. The zero-order valence-corrected chi connectivity index (χ0v) is 12.7. The quantitative estimate of drug-likeness (QED) is 0.825. The van der Waals surface area contributed by atoms with Crippen LogP contribution in [0.3, 0.4) is 0 Å². The molecule has 106 valence electrons. The van der Waals surface area contributed by atoms with E-state index in [9.17, 15) is 0 Å². The van der Waals surface area contributed by atoms with E-state index in [4.69, 9.17) is 0 Å². The smallest absolute Gasteiger partial charge is 0.0192 e. The number of nitrogens with one attached hydrogen (secondary N) is 1. The molecule has 1 aliphatic heterocycles. The molecule has 1 aliphatic carbocycles. The van der Waals surface area contributed by atoms with Crippen LogP contribution < -0.4 is 5.32 Å². The van der Waals surface area contributed by atoms with Crippen molar-refractivity contribution in [1.29, 1.82) is 0 Å². The molecule has 1 unspecified atom stereocenters. The van der Waals surface area contributed by atoms with Crippen LogP contribution in [-0.4, -0.2) is 36.6 Å². The number of piperidine rings is 1. The lowest BCUT2D eigenvalue weighted by Gasteiger charge is -2.41. The molecule has 2 heteroatoms. The van der Waals surface area contributed by atoms with Crippen LogP contribution in [0.2, 0.25) is 0 Å². The molecule has 0 radical (unpaired) electrons. The summed E-state index contributed by atoms with van der Waals surface area (Å²) >= 11 is 0. The molecule has 2 nitrogen and oxygen atoms in total. The zero-order valence-electron chi connectivity index (χ0n) is 12.7. The molecule has 1 N–H and O–H groups in total. The van der Waals surface area contributed by atoms with E-state index in [0.717, 1.165) is 6.04 Å². The van der Waals surface area contributed by atoms with E-state index in [1.807, 2.05) is 0 Å². The monoisotopic (exact) mass is 252 g/mol. The summed E-state index contributed by atoms with van der Waals surface area (Å²) < 4.78 is 0. The Bertz CT molecular complexity index is 243. The summed E-state index contributed by atoms with van der Waals surface area (Å²) in [5, 5.41) is 3.80. The molecular weight excluding hydrogens is 220 g/mol. The van der Waals surface area contributed by atoms with Crippen LogP contribution in [0.15, 0.2) is 0 Å². The van der Waals surface area contributed by atoms with Crippen molar-refractivity contribution in [3.05, 3.63) is 0 Å². The maximum absolute atomic E-state index is 3.80. The van der Waals surface area contributed by atoms with Gasteiger partial charge < -0.3 is 5.32 Å². The Kier molecular flexibility index (Phi) is 5.08. The van der Waals surface area contributed by atoms with Crippen molar-refractivity contribution >= 4 is 0 Å². The van der Waals surface area contributed by atoms with Gasteiger partial charge in [0, 0.05) is 25.2 Å². The van der Waals surface area contributed by atoms with Crippen LogP contribution >= 0.6 is 0 Å². The highest BCUT2D eigenvalue weighted by Gasteiger charge is 2.28. The highest BCUT2D eigenvalue weighted by Crippen LogP contribution is 2.29. The van der Waals surface area contributed by atoms with Crippen molar-refractivity contribution in [2.75, 3.05) is 19.6 Å². The maximum atomic E-state index is 3.80. The van der Waals surface area contributed by atoms with E-state index < -0.39 is 0 Å². The fraction of sp³-hybridized carbons (Fsp3) is 1.00. The molecule has 2 aliphatic rings. The predicted octanol–water partition coefficient (Wildman–Crippen LogP) is 3.42. The van der Waals surface area contributed by atoms with Gasteiger partial charge in [-0.05, 0) is 44.6 Å². The average Bonchev–Trinajstić information content (AvgIpc) is 2.36. The minimum absolute atomic E-state index is 0.525. The lowest BCUT2D eigenvalue weighted by atomic mass is 9.83. The van der Waals surface area contributed by atoms with Gasteiger partial charge in [-0.1, -0.05) is 33.1 Å². The Morgan fingerprint density at radius 1 is 1.17 bits per heavy atom. The van der Waals surface area contributed by atoms with Crippen molar-refractivity contribution in [1.82, 2.24) is 10.2 Å². The van der Waals surface area contributed by atoms with E-state index in [1.54, 1.807) is 0 Å². The zero-order chi connectivity index (χ0) is 13.0. The first-order valence-electron chi connectivity index (χ1n) is 8.04. The first-order chi connectivity index (χ1) is 8.57. The molecule has 0 aromatic carbocycles. The standard InChI is InChI=1S/C16H32N2/c1-14(12-17-15-8-5-4-6-9-15)18-11-7-10-16(2,3)13-18/h14-15,17H,4-13H2,1-3H3. The molecule has 0 aromatic heterocycles. The Morgan fingerprint density at radius 3 is 2.56 bits per heavy atom. The van der Waals surface area contributed by atoms with E-state index in [-0.39, 0.29) is 0 Å². The van der Waals surface area contributed by atoms with Gasteiger partial charge in [0.2, 0.25) is 0 Å². The molecule has 1 atom stereocenters. The van der Waals surface area contributed by atoms with E-state index in [0.29, 0.717) is 11.5 Å². The maximum Gasteiger partial charge on any atom is 0.0192 e. The topological polar surface area (TPSA) is 15.3 Å². The molecule has 1 saturated carbocycles. The number of nitrogens with zero attached hydrogens (tertiary/aromatic N) is 1. The van der Waals surface area contributed by atoms with Gasteiger partial charge in [0.15, 0.2) is 0 Å². The largest absolute Gasteiger partial charge is 0.312 e. The van der Waals surface area contributed by atoms with Crippen molar-refractivity contribution < 1.29 is 0 Å². The Morgan fingerprint density at radius 2 is 1.89 bits per heavy atom. The SMILES string of the molecule is CC(CNC1CCCCC1)N1CCCC(C)(C)C1. The summed E-state index contributed by atoms with van der Waals surface area (Å²) in [5.74, 6) is 0. The number of likely N-dealkylation sites (tertiary alicyclic amines) is 1. The summed E-state index contributed by atoms with van der Waals surface area (Å²) in [6.07, 6.45) is 9.89. The molecular formula is C16H32N2. The van der Waals surface area contributed by atoms with Gasteiger partial charge in [0.1, 0.15) is 0 Å². The third-order valence-electron chi connectivity index (χ3n) is 4.86. The second-order valence-electron chi connectivity index (χ2n) is 7.33. The molecule has 2 rings (SSSR count). The van der Waals surface area contributed by atoms with Crippen molar-refractivity contribution in [2.45, 2.75) is 77.8 Å². The van der Waals surface area contributed by atoms with Gasteiger partial charge in [-0.25, -0.2) is 0 Å². The molecule has 0 amide bonds. The summed E-state index contributed by atoms with van der Waals surface area (Å²) in [7, 11) is 0. The van der Waals surface area contributed by atoms with Crippen LogP contribution in [0.25, 0.3) is 0 Å². The van der Waals surface area contributed by atoms with Crippen LogP contribution in [0.5, 0.6) is 0 Å². The van der Waals surface area contributed by atoms with Crippen LogP contribution in [0, 0.1) is 5.41 Å². The van der Waals surface area contributed by atoms with Gasteiger partial charge in [-0.3, -0.25) is 4.90 Å². The van der Waals surface area contributed by atoms with Crippen molar-refractivity contribution in [2.24, 2.45) is 5.41 Å². The molecule has 18 heavy (non-hydrogen) atoms. The molecule has 0 bridgehead atoms. The second-order valence-corrected chi connectivity index (χ2v) is 7.33. The minimum Gasteiger partial charge on any atom is -0.312 e. The second kappa shape index (κ2) is 6.38. The lowest BCUT2D eigenvalue weighted by Crippen LogP contribution is -2.49. The fourth-order valence-corrected chi connectivity index (χ4v) is 3.62. The average molecular weight is 252 g/mol. The Hall–Kier alpha value is -0.0800. The van der Waals surface area contributed by atoms with Crippen molar-refractivity contribution in [3.63, 3.8) is 0 Å². The van der Waals surface area contributed by atoms with Crippen LogP contribution in [-0.2, 0) is 0 Å². The molecule has 0 spiro atoms. The fourth-order valence-electron chi connectivity index (χ4n) is 3.62. The Balaban J connectivity index is 1.71. The molecule has 1 heterocycles. The lowest BCUT2D eigenvalue weighted by molar-refractivity contribution is 0.0824. The number of hydrogen-bond acceptors (Lipinski definition) is 2. The summed E-state index contributed by atoms with van der Waals surface area (Å²) in [6.45, 7) is 11.0. The summed E-state index contributed by atoms with van der Waals surface area (Å²) in [4.78, 5) is 2.69. The summed E-state index contributed by atoms with van der Waals surface area (Å²) in [5.41, 5.74) is 0.525.